The minimum Gasteiger partial charge on any atom is -0.449 e. The summed E-state index contributed by atoms with van der Waals surface area (Å²) in [6.45, 7) is 3.82. The molecule has 3 rings (SSSR count). The molecule has 0 spiro atoms. The van der Waals surface area contributed by atoms with Gasteiger partial charge in [0.15, 0.2) is 6.10 Å². The fourth-order valence-corrected chi connectivity index (χ4v) is 2.88. The van der Waals surface area contributed by atoms with Gasteiger partial charge in [0.1, 0.15) is 5.58 Å². The molecular formula is C21H21NO4. The van der Waals surface area contributed by atoms with Crippen LogP contribution in [0.25, 0.3) is 11.0 Å². The Morgan fingerprint density at radius 3 is 2.42 bits per heavy atom. The second-order valence-corrected chi connectivity index (χ2v) is 6.28. The fraction of sp³-hybridized carbons (Fsp3) is 0.238. The Kier molecular flexibility index (Phi) is 5.07. The van der Waals surface area contributed by atoms with Gasteiger partial charge < -0.3 is 14.1 Å². The number of nitrogens with zero attached hydrogens (tertiary/aromatic N) is 1. The summed E-state index contributed by atoms with van der Waals surface area (Å²) in [4.78, 5) is 26.5. The zero-order valence-electron chi connectivity index (χ0n) is 15.1. The normalized spacial score (nSPS) is 12.0. The third kappa shape index (κ3) is 3.61. The van der Waals surface area contributed by atoms with Crippen LogP contribution in [0.15, 0.2) is 59.0 Å². The van der Waals surface area contributed by atoms with Gasteiger partial charge in [0.2, 0.25) is 5.76 Å². The molecule has 1 aromatic heterocycles. The maximum absolute atomic E-state index is 12.5. The molecule has 0 radical (unpaired) electrons. The standard InChI is InChI=1S/C21H21NO4/c1-14-17-11-7-8-12-18(17)26-19(14)21(24)25-15(2)20(23)22(3)13-16-9-5-4-6-10-16/h4-12,15H,13H2,1-3H3/t15-/m1/s1. The van der Waals surface area contributed by atoms with Gasteiger partial charge in [-0.25, -0.2) is 4.79 Å². The molecule has 5 heteroatoms. The second kappa shape index (κ2) is 7.44. The van der Waals surface area contributed by atoms with Crippen LogP contribution in [-0.2, 0) is 16.1 Å². The number of fused-ring (bicyclic) bond motifs is 1. The zero-order chi connectivity index (χ0) is 18.7. The number of para-hydroxylation sites is 1. The Morgan fingerprint density at radius 2 is 1.73 bits per heavy atom. The zero-order valence-corrected chi connectivity index (χ0v) is 15.1. The second-order valence-electron chi connectivity index (χ2n) is 6.28. The van der Waals surface area contributed by atoms with Crippen molar-refractivity contribution in [2.75, 3.05) is 7.05 Å². The summed E-state index contributed by atoms with van der Waals surface area (Å²) in [7, 11) is 1.69. The number of aryl methyl sites for hydroxylation is 1. The van der Waals surface area contributed by atoms with Gasteiger partial charge in [0, 0.05) is 24.5 Å². The molecule has 0 saturated heterocycles. The lowest BCUT2D eigenvalue weighted by atomic mass is 10.1. The number of ether oxygens (including phenoxy) is 1. The van der Waals surface area contributed by atoms with E-state index in [1.165, 1.54) is 0 Å². The Balaban J connectivity index is 1.68. The summed E-state index contributed by atoms with van der Waals surface area (Å²) < 4.78 is 10.9. The van der Waals surface area contributed by atoms with E-state index < -0.39 is 12.1 Å². The molecule has 0 N–H and O–H groups in total. The molecule has 1 heterocycles. The Morgan fingerprint density at radius 1 is 1.08 bits per heavy atom. The summed E-state index contributed by atoms with van der Waals surface area (Å²) in [6.07, 6.45) is -0.899. The molecule has 0 unspecified atom stereocenters. The molecule has 0 fully saturated rings. The molecule has 0 aliphatic rings. The average molecular weight is 351 g/mol. The van der Waals surface area contributed by atoms with Crippen LogP contribution in [0.4, 0.5) is 0 Å². The van der Waals surface area contributed by atoms with Crippen LogP contribution in [0.3, 0.4) is 0 Å². The molecule has 0 bridgehead atoms. The highest BCUT2D eigenvalue weighted by Crippen LogP contribution is 2.25. The molecule has 3 aromatic rings. The van der Waals surface area contributed by atoms with Crippen molar-refractivity contribution in [3.8, 4) is 0 Å². The minimum atomic E-state index is -0.899. The smallest absolute Gasteiger partial charge is 0.375 e. The third-order valence-corrected chi connectivity index (χ3v) is 4.30. The Labute approximate surface area is 152 Å². The van der Waals surface area contributed by atoms with Crippen molar-refractivity contribution in [2.45, 2.75) is 26.5 Å². The average Bonchev–Trinajstić information content (AvgIpc) is 2.99. The molecule has 26 heavy (non-hydrogen) atoms. The first-order valence-electron chi connectivity index (χ1n) is 8.45. The van der Waals surface area contributed by atoms with Crippen LogP contribution >= 0.6 is 0 Å². The highest BCUT2D eigenvalue weighted by atomic mass is 16.6. The molecule has 134 valence electrons. The number of carbonyl (C=O) groups excluding carboxylic acids is 2. The van der Waals surface area contributed by atoms with Crippen molar-refractivity contribution in [1.29, 1.82) is 0 Å². The Hall–Kier alpha value is -3.08. The first kappa shape index (κ1) is 17.7. The van der Waals surface area contributed by atoms with E-state index in [9.17, 15) is 9.59 Å². The number of amides is 1. The van der Waals surface area contributed by atoms with E-state index in [2.05, 4.69) is 0 Å². The summed E-state index contributed by atoms with van der Waals surface area (Å²) >= 11 is 0. The molecular weight excluding hydrogens is 330 g/mol. The van der Waals surface area contributed by atoms with Crippen molar-refractivity contribution in [2.24, 2.45) is 0 Å². The molecule has 1 amide bonds. The van der Waals surface area contributed by atoms with Crippen molar-refractivity contribution < 1.29 is 18.7 Å². The number of carbonyl (C=O) groups is 2. The maximum atomic E-state index is 12.5. The van der Waals surface area contributed by atoms with Crippen LogP contribution in [0, 0.1) is 6.92 Å². The van der Waals surface area contributed by atoms with Crippen LogP contribution in [0.1, 0.15) is 28.6 Å². The number of esters is 1. The van der Waals surface area contributed by atoms with Crippen LogP contribution in [0.5, 0.6) is 0 Å². The molecule has 0 saturated carbocycles. The van der Waals surface area contributed by atoms with Crippen LogP contribution in [0.2, 0.25) is 0 Å². The van der Waals surface area contributed by atoms with E-state index in [1.54, 1.807) is 31.9 Å². The van der Waals surface area contributed by atoms with Crippen molar-refractivity contribution in [3.63, 3.8) is 0 Å². The van der Waals surface area contributed by atoms with Gasteiger partial charge in [-0.3, -0.25) is 4.79 Å². The molecule has 5 nitrogen and oxygen atoms in total. The van der Waals surface area contributed by atoms with Crippen LogP contribution in [-0.4, -0.2) is 29.9 Å². The number of furan rings is 1. The van der Waals surface area contributed by atoms with Gasteiger partial charge in [-0.05, 0) is 25.5 Å². The maximum Gasteiger partial charge on any atom is 0.375 e. The highest BCUT2D eigenvalue weighted by molar-refractivity contribution is 5.97. The lowest BCUT2D eigenvalue weighted by Gasteiger charge is -2.21. The van der Waals surface area contributed by atoms with Gasteiger partial charge in [0.05, 0.1) is 0 Å². The molecule has 2 aromatic carbocycles. The van der Waals surface area contributed by atoms with E-state index in [1.807, 2.05) is 48.5 Å². The highest BCUT2D eigenvalue weighted by Gasteiger charge is 2.25. The minimum absolute atomic E-state index is 0.136. The predicted molar refractivity (Wildman–Crippen MR) is 98.7 cm³/mol. The van der Waals surface area contributed by atoms with Gasteiger partial charge in [0.25, 0.3) is 5.91 Å². The predicted octanol–water partition coefficient (Wildman–Crippen LogP) is 3.95. The first-order valence-corrected chi connectivity index (χ1v) is 8.45. The monoisotopic (exact) mass is 351 g/mol. The third-order valence-electron chi connectivity index (χ3n) is 4.30. The van der Waals surface area contributed by atoms with Crippen molar-refractivity contribution in [1.82, 2.24) is 4.90 Å². The summed E-state index contributed by atoms with van der Waals surface area (Å²) in [5.74, 6) is -0.764. The first-order chi connectivity index (χ1) is 12.5. The number of hydrogen-bond acceptors (Lipinski definition) is 4. The summed E-state index contributed by atoms with van der Waals surface area (Å²) in [5.41, 5.74) is 2.34. The Bertz CT molecular complexity index is 930. The number of benzene rings is 2. The quantitative estimate of drug-likeness (QED) is 0.653. The van der Waals surface area contributed by atoms with Crippen molar-refractivity contribution in [3.05, 3.63) is 71.5 Å². The van der Waals surface area contributed by atoms with E-state index in [0.717, 1.165) is 10.9 Å². The summed E-state index contributed by atoms with van der Waals surface area (Å²) in [5, 5.41) is 0.861. The number of hydrogen-bond donors (Lipinski definition) is 0. The van der Waals surface area contributed by atoms with Crippen molar-refractivity contribution >= 4 is 22.8 Å². The van der Waals surface area contributed by atoms with Gasteiger partial charge in [-0.1, -0.05) is 48.5 Å². The molecule has 0 aliphatic carbocycles. The summed E-state index contributed by atoms with van der Waals surface area (Å²) in [6, 6.07) is 17.0. The largest absolute Gasteiger partial charge is 0.449 e. The lowest BCUT2D eigenvalue weighted by Crippen LogP contribution is -2.37. The number of rotatable bonds is 5. The van der Waals surface area contributed by atoms with Crippen LogP contribution < -0.4 is 0 Å². The SMILES string of the molecule is Cc1c(C(=O)O[C@H](C)C(=O)N(C)Cc2ccccc2)oc2ccccc12. The van der Waals surface area contributed by atoms with E-state index in [4.69, 9.17) is 9.15 Å². The van der Waals surface area contributed by atoms with E-state index >= 15 is 0 Å². The lowest BCUT2D eigenvalue weighted by molar-refractivity contribution is -0.139. The van der Waals surface area contributed by atoms with Gasteiger partial charge in [-0.15, -0.1) is 0 Å². The van der Waals surface area contributed by atoms with Gasteiger partial charge >= 0.3 is 5.97 Å². The molecule has 1 atom stereocenters. The van der Waals surface area contributed by atoms with Gasteiger partial charge in [-0.2, -0.15) is 0 Å². The topological polar surface area (TPSA) is 59.8 Å². The van der Waals surface area contributed by atoms with E-state index in [-0.39, 0.29) is 11.7 Å². The fourth-order valence-electron chi connectivity index (χ4n) is 2.88. The van der Waals surface area contributed by atoms with E-state index in [0.29, 0.717) is 17.7 Å². The molecule has 0 aliphatic heterocycles. The number of likely N-dealkylation sites (N-methyl/N-ethyl adjacent to an activating group) is 1.